The molecule has 2 atom stereocenters. The lowest BCUT2D eigenvalue weighted by Crippen LogP contribution is -2.02. The van der Waals surface area contributed by atoms with E-state index in [9.17, 15) is 5.11 Å². The second kappa shape index (κ2) is 14.5. The average Bonchev–Trinajstić information content (AvgIpc) is 3.22. The van der Waals surface area contributed by atoms with Gasteiger partial charge in [-0.3, -0.25) is 4.90 Å². The second-order valence-corrected chi connectivity index (χ2v) is 7.28. The predicted molar refractivity (Wildman–Crippen MR) is 97.1 cm³/mol. The van der Waals surface area contributed by atoms with Crippen molar-refractivity contribution in [1.82, 2.24) is 4.90 Å². The predicted octanol–water partition coefficient (Wildman–Crippen LogP) is 5.88. The third-order valence-corrected chi connectivity index (χ3v) is 4.98. The standard InChI is InChI=1S/C20H41NO/c1-2-3-4-5-6-7-8-9-10-11-12-13-14-15-16-17-18-21-19-20(21)22/h20,22H,2-19H2,1H3. The number of unbranched alkanes of at least 4 members (excludes halogenated alkanes) is 15. The van der Waals surface area contributed by atoms with E-state index in [1.807, 2.05) is 0 Å². The molecule has 1 saturated heterocycles. The van der Waals surface area contributed by atoms with E-state index in [-0.39, 0.29) is 6.23 Å². The molecule has 2 nitrogen and oxygen atoms in total. The van der Waals surface area contributed by atoms with Gasteiger partial charge in [0.05, 0.1) is 0 Å². The Morgan fingerprint density at radius 1 is 0.636 bits per heavy atom. The SMILES string of the molecule is CCCCCCCCCCCCCCCCCCN1CC1O. The summed E-state index contributed by atoms with van der Waals surface area (Å²) in [6.07, 6.45) is 22.7. The zero-order valence-electron chi connectivity index (χ0n) is 15.2. The fourth-order valence-corrected chi connectivity index (χ4v) is 3.27. The Morgan fingerprint density at radius 3 is 1.27 bits per heavy atom. The van der Waals surface area contributed by atoms with Gasteiger partial charge >= 0.3 is 0 Å². The first kappa shape index (κ1) is 20.0. The molecule has 0 bridgehead atoms. The first-order valence-corrected chi connectivity index (χ1v) is 10.3. The molecular formula is C20H41NO. The van der Waals surface area contributed by atoms with Gasteiger partial charge in [-0.25, -0.2) is 0 Å². The summed E-state index contributed by atoms with van der Waals surface area (Å²) in [6, 6.07) is 0. The lowest BCUT2D eigenvalue weighted by molar-refractivity contribution is 0.209. The van der Waals surface area contributed by atoms with Crippen LogP contribution >= 0.6 is 0 Å². The molecule has 2 heteroatoms. The maximum Gasteiger partial charge on any atom is 0.120 e. The number of hydrogen-bond donors (Lipinski definition) is 1. The maximum absolute atomic E-state index is 9.18. The molecule has 1 rings (SSSR count). The zero-order valence-corrected chi connectivity index (χ0v) is 15.2. The van der Waals surface area contributed by atoms with Crippen LogP contribution in [0.1, 0.15) is 110 Å². The van der Waals surface area contributed by atoms with Crippen LogP contribution in [0.4, 0.5) is 0 Å². The van der Waals surface area contributed by atoms with Crippen LogP contribution in [-0.2, 0) is 0 Å². The van der Waals surface area contributed by atoms with E-state index in [4.69, 9.17) is 0 Å². The Labute approximate surface area is 139 Å². The van der Waals surface area contributed by atoms with Crippen LogP contribution in [0, 0.1) is 0 Å². The molecule has 0 aliphatic carbocycles. The number of β-amino-alcohol motifs (C(OH)–C–C–N with tert-alkyl or cyclic N) is 1. The Hall–Kier alpha value is -0.0800. The fraction of sp³-hybridized carbons (Fsp3) is 1.00. The number of aliphatic hydroxyl groups is 1. The lowest BCUT2D eigenvalue weighted by atomic mass is 10.0. The monoisotopic (exact) mass is 311 g/mol. The van der Waals surface area contributed by atoms with E-state index in [0.717, 1.165) is 13.1 Å². The maximum atomic E-state index is 9.18. The van der Waals surface area contributed by atoms with Gasteiger partial charge in [0.15, 0.2) is 0 Å². The zero-order chi connectivity index (χ0) is 15.9. The smallest absolute Gasteiger partial charge is 0.120 e. The second-order valence-electron chi connectivity index (χ2n) is 7.28. The minimum absolute atomic E-state index is 0.101. The Kier molecular flexibility index (Phi) is 13.2. The van der Waals surface area contributed by atoms with Crippen molar-refractivity contribution in [1.29, 1.82) is 0 Å². The van der Waals surface area contributed by atoms with Crippen LogP contribution < -0.4 is 0 Å². The van der Waals surface area contributed by atoms with Crippen LogP contribution in [0.2, 0.25) is 0 Å². The van der Waals surface area contributed by atoms with Crippen molar-refractivity contribution >= 4 is 0 Å². The molecule has 0 radical (unpaired) electrons. The molecule has 0 spiro atoms. The molecule has 0 aromatic heterocycles. The number of rotatable bonds is 17. The van der Waals surface area contributed by atoms with E-state index < -0.39 is 0 Å². The van der Waals surface area contributed by atoms with E-state index in [0.29, 0.717) is 0 Å². The largest absolute Gasteiger partial charge is 0.377 e. The first-order valence-electron chi connectivity index (χ1n) is 10.3. The normalized spacial score (nSPS) is 20.5. The van der Waals surface area contributed by atoms with Crippen molar-refractivity contribution in [2.75, 3.05) is 13.1 Å². The molecule has 0 aromatic carbocycles. The van der Waals surface area contributed by atoms with Crippen molar-refractivity contribution in [2.24, 2.45) is 0 Å². The first-order chi connectivity index (χ1) is 10.8. The molecule has 1 fully saturated rings. The minimum atomic E-state index is -0.101. The molecule has 22 heavy (non-hydrogen) atoms. The minimum Gasteiger partial charge on any atom is -0.377 e. The van der Waals surface area contributed by atoms with E-state index in [2.05, 4.69) is 11.8 Å². The highest BCUT2D eigenvalue weighted by molar-refractivity contribution is 4.77. The topological polar surface area (TPSA) is 23.2 Å². The third-order valence-electron chi connectivity index (χ3n) is 4.98. The van der Waals surface area contributed by atoms with Crippen molar-refractivity contribution in [3.05, 3.63) is 0 Å². The van der Waals surface area contributed by atoms with Crippen molar-refractivity contribution in [2.45, 2.75) is 116 Å². The van der Waals surface area contributed by atoms with Gasteiger partial charge in [0.1, 0.15) is 6.23 Å². The van der Waals surface area contributed by atoms with Gasteiger partial charge in [-0.05, 0) is 6.42 Å². The highest BCUT2D eigenvalue weighted by atomic mass is 16.3. The summed E-state index contributed by atoms with van der Waals surface area (Å²) >= 11 is 0. The summed E-state index contributed by atoms with van der Waals surface area (Å²) in [7, 11) is 0. The average molecular weight is 312 g/mol. The molecule has 1 heterocycles. The number of hydrogen-bond acceptors (Lipinski definition) is 2. The quantitative estimate of drug-likeness (QED) is 0.268. The summed E-state index contributed by atoms with van der Waals surface area (Å²) < 4.78 is 0. The van der Waals surface area contributed by atoms with Gasteiger partial charge in [-0.1, -0.05) is 103 Å². The molecule has 0 aromatic rings. The van der Waals surface area contributed by atoms with Gasteiger partial charge in [0.2, 0.25) is 0 Å². The molecule has 1 N–H and O–H groups in total. The van der Waals surface area contributed by atoms with Crippen LogP contribution in [-0.4, -0.2) is 29.3 Å². The molecule has 1 aliphatic rings. The lowest BCUT2D eigenvalue weighted by Gasteiger charge is -2.04. The van der Waals surface area contributed by atoms with Crippen molar-refractivity contribution in [3.63, 3.8) is 0 Å². The Morgan fingerprint density at radius 2 is 0.955 bits per heavy atom. The van der Waals surface area contributed by atoms with Gasteiger partial charge < -0.3 is 5.11 Å². The third kappa shape index (κ3) is 12.5. The summed E-state index contributed by atoms with van der Waals surface area (Å²) in [5.74, 6) is 0. The van der Waals surface area contributed by atoms with E-state index in [1.165, 1.54) is 103 Å². The van der Waals surface area contributed by atoms with E-state index >= 15 is 0 Å². The number of aliphatic hydroxyl groups excluding tert-OH is 1. The summed E-state index contributed by atoms with van der Waals surface area (Å²) in [5.41, 5.74) is 0. The van der Waals surface area contributed by atoms with Crippen molar-refractivity contribution < 1.29 is 5.11 Å². The molecule has 2 unspecified atom stereocenters. The summed E-state index contributed by atoms with van der Waals surface area (Å²) in [5, 5.41) is 9.18. The number of nitrogens with zero attached hydrogens (tertiary/aromatic N) is 1. The van der Waals surface area contributed by atoms with E-state index in [1.54, 1.807) is 0 Å². The Bertz CT molecular complexity index is 232. The van der Waals surface area contributed by atoms with Gasteiger partial charge in [0, 0.05) is 13.1 Å². The molecule has 1 aliphatic heterocycles. The van der Waals surface area contributed by atoms with Crippen LogP contribution in [0.15, 0.2) is 0 Å². The summed E-state index contributed by atoms with van der Waals surface area (Å²) in [6.45, 7) is 4.32. The molecule has 0 saturated carbocycles. The summed E-state index contributed by atoms with van der Waals surface area (Å²) in [4.78, 5) is 2.14. The van der Waals surface area contributed by atoms with Crippen molar-refractivity contribution in [3.8, 4) is 0 Å². The van der Waals surface area contributed by atoms with Gasteiger partial charge in [0.25, 0.3) is 0 Å². The van der Waals surface area contributed by atoms with Crippen LogP contribution in [0.5, 0.6) is 0 Å². The Balaban J connectivity index is 1.61. The van der Waals surface area contributed by atoms with Gasteiger partial charge in [-0.15, -0.1) is 0 Å². The van der Waals surface area contributed by atoms with Crippen LogP contribution in [0.25, 0.3) is 0 Å². The molecule has 132 valence electrons. The fourth-order valence-electron chi connectivity index (χ4n) is 3.27. The van der Waals surface area contributed by atoms with Crippen LogP contribution in [0.3, 0.4) is 0 Å². The highest BCUT2D eigenvalue weighted by Crippen LogP contribution is 2.16. The van der Waals surface area contributed by atoms with Gasteiger partial charge in [-0.2, -0.15) is 0 Å². The highest BCUT2D eigenvalue weighted by Gasteiger charge is 2.29. The molecule has 0 amide bonds. The molecular weight excluding hydrogens is 270 g/mol.